The first-order valence-electron chi connectivity index (χ1n) is 11.3. The molecule has 0 spiro atoms. The van der Waals surface area contributed by atoms with Crippen molar-refractivity contribution in [1.29, 1.82) is 0 Å². The first-order chi connectivity index (χ1) is 15.9. The van der Waals surface area contributed by atoms with Gasteiger partial charge < -0.3 is 19.5 Å². The van der Waals surface area contributed by atoms with Crippen molar-refractivity contribution >= 4 is 23.3 Å². The van der Waals surface area contributed by atoms with Gasteiger partial charge in [-0.2, -0.15) is 0 Å². The lowest BCUT2D eigenvalue weighted by molar-refractivity contribution is -0.140. The molecule has 1 aliphatic heterocycles. The zero-order chi connectivity index (χ0) is 23.5. The van der Waals surface area contributed by atoms with Crippen molar-refractivity contribution in [1.82, 2.24) is 19.8 Å². The number of ether oxygens (including phenoxy) is 1. The molecule has 0 bridgehead atoms. The van der Waals surface area contributed by atoms with Crippen LogP contribution in [0.25, 0.3) is 5.69 Å². The number of aromatic nitrogens is 2. The molecular formula is C26H30N4O2S. The summed E-state index contributed by atoms with van der Waals surface area (Å²) in [6, 6.07) is 16.6. The van der Waals surface area contributed by atoms with Crippen LogP contribution >= 0.6 is 12.2 Å². The number of methoxy groups -OCH3 is 1. The number of carbonyl (C=O) groups is 1. The molecule has 4 rings (SSSR count). The number of nitrogens with zero attached hydrogens (tertiary/aromatic N) is 3. The lowest BCUT2D eigenvalue weighted by Gasteiger charge is -2.28. The maximum Gasteiger partial charge on any atom is 0.307 e. The van der Waals surface area contributed by atoms with Crippen LogP contribution in [-0.4, -0.2) is 39.2 Å². The largest absolute Gasteiger partial charge is 0.469 e. The van der Waals surface area contributed by atoms with Crippen LogP contribution in [0.15, 0.2) is 54.7 Å². The van der Waals surface area contributed by atoms with Crippen LogP contribution < -0.4 is 5.32 Å². The van der Waals surface area contributed by atoms with Crippen LogP contribution in [-0.2, 0) is 16.0 Å². The highest BCUT2D eigenvalue weighted by Crippen LogP contribution is 2.41. The highest BCUT2D eigenvalue weighted by molar-refractivity contribution is 7.80. The fraction of sp³-hybridized carbons (Fsp3) is 0.346. The molecule has 1 aromatic carbocycles. The van der Waals surface area contributed by atoms with Crippen molar-refractivity contribution < 1.29 is 9.53 Å². The molecule has 33 heavy (non-hydrogen) atoms. The van der Waals surface area contributed by atoms with Crippen LogP contribution in [0, 0.1) is 13.8 Å². The van der Waals surface area contributed by atoms with Gasteiger partial charge in [0.15, 0.2) is 5.11 Å². The maximum atomic E-state index is 11.9. The van der Waals surface area contributed by atoms with Crippen molar-refractivity contribution in [2.24, 2.45) is 0 Å². The molecule has 0 amide bonds. The third kappa shape index (κ3) is 4.50. The zero-order valence-corrected chi connectivity index (χ0v) is 20.4. The Hall–Kier alpha value is -3.19. The molecule has 1 N–H and O–H groups in total. The summed E-state index contributed by atoms with van der Waals surface area (Å²) < 4.78 is 7.16. The Morgan fingerprint density at radius 1 is 1.18 bits per heavy atom. The lowest BCUT2D eigenvalue weighted by atomic mass is 9.96. The van der Waals surface area contributed by atoms with Crippen LogP contribution in [0.3, 0.4) is 0 Å². The van der Waals surface area contributed by atoms with E-state index >= 15 is 0 Å². The Kier molecular flexibility index (Phi) is 6.79. The molecule has 0 radical (unpaired) electrons. The van der Waals surface area contributed by atoms with Gasteiger partial charge in [-0.25, -0.2) is 0 Å². The summed E-state index contributed by atoms with van der Waals surface area (Å²) in [5.74, 6) is -0.251. The van der Waals surface area contributed by atoms with Gasteiger partial charge in [-0.3, -0.25) is 9.78 Å². The van der Waals surface area contributed by atoms with E-state index in [2.05, 4.69) is 70.9 Å². The summed E-state index contributed by atoms with van der Waals surface area (Å²) in [7, 11) is 1.41. The zero-order valence-electron chi connectivity index (χ0n) is 19.5. The van der Waals surface area contributed by atoms with Crippen LogP contribution in [0.2, 0.25) is 0 Å². The number of hydrogen-bond acceptors (Lipinski definition) is 4. The van der Waals surface area contributed by atoms with Crippen molar-refractivity contribution in [2.75, 3.05) is 13.7 Å². The summed E-state index contributed by atoms with van der Waals surface area (Å²) >= 11 is 5.71. The fourth-order valence-corrected chi connectivity index (χ4v) is 5.00. The van der Waals surface area contributed by atoms with E-state index in [1.807, 2.05) is 18.2 Å². The van der Waals surface area contributed by atoms with Crippen molar-refractivity contribution in [3.8, 4) is 5.69 Å². The van der Waals surface area contributed by atoms with Gasteiger partial charge in [0.05, 0.1) is 31.3 Å². The minimum absolute atomic E-state index is 0.0908. The number of rotatable bonds is 7. The fourth-order valence-electron chi connectivity index (χ4n) is 4.66. The summed E-state index contributed by atoms with van der Waals surface area (Å²) in [6.07, 6.45) is 3.08. The maximum absolute atomic E-state index is 11.9. The van der Waals surface area contributed by atoms with Gasteiger partial charge >= 0.3 is 5.97 Å². The average Bonchev–Trinajstić information content (AvgIpc) is 3.32. The van der Waals surface area contributed by atoms with Crippen LogP contribution in [0.5, 0.6) is 0 Å². The lowest BCUT2D eigenvalue weighted by Crippen LogP contribution is -2.32. The van der Waals surface area contributed by atoms with E-state index < -0.39 is 0 Å². The van der Waals surface area contributed by atoms with Gasteiger partial charge in [0, 0.05) is 29.8 Å². The Labute approximate surface area is 200 Å². The number of nitrogens with one attached hydrogen (secondary N) is 1. The first kappa shape index (κ1) is 23.0. The molecule has 1 saturated heterocycles. The van der Waals surface area contributed by atoms with Gasteiger partial charge in [-0.15, -0.1) is 0 Å². The van der Waals surface area contributed by atoms with E-state index in [-0.39, 0.29) is 24.5 Å². The molecule has 1 fully saturated rings. The summed E-state index contributed by atoms with van der Waals surface area (Å²) in [5.41, 5.74) is 6.84. The molecule has 2 aromatic heterocycles. The van der Waals surface area contributed by atoms with E-state index in [0.29, 0.717) is 11.7 Å². The van der Waals surface area contributed by atoms with Gasteiger partial charge in [0.1, 0.15) is 0 Å². The smallest absolute Gasteiger partial charge is 0.307 e. The molecule has 7 heteroatoms. The Balaban J connectivity index is 1.77. The van der Waals surface area contributed by atoms with Gasteiger partial charge in [-0.05, 0) is 73.9 Å². The molecule has 1 aliphatic rings. The number of carbonyl (C=O) groups excluding carboxylic acids is 1. The van der Waals surface area contributed by atoms with Crippen molar-refractivity contribution in [3.63, 3.8) is 0 Å². The first-order valence-corrected chi connectivity index (χ1v) is 11.7. The van der Waals surface area contributed by atoms with Crippen molar-refractivity contribution in [3.05, 3.63) is 82.9 Å². The second-order valence-corrected chi connectivity index (χ2v) is 8.71. The summed E-state index contributed by atoms with van der Waals surface area (Å²) in [4.78, 5) is 18.6. The molecule has 172 valence electrons. The van der Waals surface area contributed by atoms with Crippen LogP contribution in [0.4, 0.5) is 0 Å². The molecule has 2 atom stereocenters. The summed E-state index contributed by atoms with van der Waals surface area (Å²) in [5, 5.41) is 4.08. The van der Waals surface area contributed by atoms with Crippen molar-refractivity contribution in [2.45, 2.75) is 45.7 Å². The summed E-state index contributed by atoms with van der Waals surface area (Å²) in [6.45, 7) is 6.90. The third-order valence-corrected chi connectivity index (χ3v) is 6.73. The Bertz CT molecular complexity index is 1140. The topological polar surface area (TPSA) is 59.4 Å². The highest BCUT2D eigenvalue weighted by Gasteiger charge is 2.41. The number of esters is 1. The number of hydrogen-bond donors (Lipinski definition) is 1. The average molecular weight is 463 g/mol. The predicted octanol–water partition coefficient (Wildman–Crippen LogP) is 4.59. The molecule has 0 unspecified atom stereocenters. The van der Waals surface area contributed by atoms with E-state index in [1.165, 1.54) is 18.2 Å². The highest BCUT2D eigenvalue weighted by atomic mass is 32.1. The van der Waals surface area contributed by atoms with E-state index in [1.54, 1.807) is 6.20 Å². The standard InChI is InChI=1S/C26H30N4O2S/c1-5-19-9-11-20(12-10-19)30-17(2)16-21(18(30)3)25-24(22-8-6-7-14-27-22)28-26(33)29(25)15-13-23(31)32-4/h6-12,14,16,24-25H,5,13,15H2,1-4H3,(H,28,33)/t24-,25-/m0/s1. The quantitative estimate of drug-likeness (QED) is 0.410. The SMILES string of the molecule is CCc1ccc(-n2c(C)cc([C@H]3[C@H](c4ccccn4)NC(=S)N3CCC(=O)OC)c2C)cc1. The van der Waals surface area contributed by atoms with Gasteiger partial charge in [0.25, 0.3) is 0 Å². The molecule has 0 aliphatic carbocycles. The minimum atomic E-state index is -0.251. The van der Waals surface area contributed by atoms with Crippen LogP contribution in [0.1, 0.15) is 53.6 Å². The van der Waals surface area contributed by atoms with E-state index in [9.17, 15) is 4.79 Å². The number of thiocarbonyl (C=S) groups is 1. The minimum Gasteiger partial charge on any atom is -0.469 e. The molecule has 0 saturated carbocycles. The third-order valence-electron chi connectivity index (χ3n) is 6.37. The van der Waals surface area contributed by atoms with E-state index in [4.69, 9.17) is 17.0 Å². The van der Waals surface area contributed by atoms with E-state index in [0.717, 1.165) is 29.2 Å². The van der Waals surface area contributed by atoms with Gasteiger partial charge in [0.2, 0.25) is 0 Å². The number of aryl methyl sites for hydroxylation is 2. The molecular weight excluding hydrogens is 432 g/mol. The second-order valence-electron chi connectivity index (χ2n) is 8.33. The predicted molar refractivity (Wildman–Crippen MR) is 133 cm³/mol. The second kappa shape index (κ2) is 9.75. The monoisotopic (exact) mass is 462 g/mol. The molecule has 3 heterocycles. The normalized spacial score (nSPS) is 17.8. The Morgan fingerprint density at radius 3 is 2.58 bits per heavy atom. The van der Waals surface area contributed by atoms with Gasteiger partial charge in [-0.1, -0.05) is 25.1 Å². The molecule has 3 aromatic rings. The molecule has 6 nitrogen and oxygen atoms in total. The Morgan fingerprint density at radius 2 is 1.94 bits per heavy atom. The number of benzene rings is 1. The number of pyridine rings is 1.